The van der Waals surface area contributed by atoms with Crippen LogP contribution in [-0.4, -0.2) is 29.2 Å². The fourth-order valence-corrected chi connectivity index (χ4v) is 2.32. The number of benzene rings is 1. The van der Waals surface area contributed by atoms with Crippen molar-refractivity contribution in [2.24, 2.45) is 5.92 Å². The van der Waals surface area contributed by atoms with Crippen molar-refractivity contribution in [3.05, 3.63) is 30.7 Å². The highest BCUT2D eigenvalue weighted by atomic mass is 16.4. The summed E-state index contributed by atoms with van der Waals surface area (Å²) in [6.45, 7) is 1.82. The maximum atomic E-state index is 12.1. The number of carbonyl (C=O) groups is 1. The van der Waals surface area contributed by atoms with Gasteiger partial charge in [-0.1, -0.05) is 0 Å². The van der Waals surface area contributed by atoms with Gasteiger partial charge in [-0.05, 0) is 50.2 Å². The summed E-state index contributed by atoms with van der Waals surface area (Å²) in [6, 6.07) is 7.40. The molecule has 6 nitrogen and oxygen atoms in total. The van der Waals surface area contributed by atoms with E-state index in [9.17, 15) is 4.79 Å². The van der Waals surface area contributed by atoms with Crippen LogP contribution in [0.15, 0.2) is 35.1 Å². The molecule has 0 bridgehead atoms. The van der Waals surface area contributed by atoms with Gasteiger partial charge in [-0.15, -0.1) is 10.2 Å². The Hall–Kier alpha value is -2.21. The van der Waals surface area contributed by atoms with E-state index in [2.05, 4.69) is 20.8 Å². The third-order valence-corrected chi connectivity index (χ3v) is 3.47. The molecule has 0 aliphatic carbocycles. The summed E-state index contributed by atoms with van der Waals surface area (Å²) in [5.41, 5.74) is 1.62. The minimum atomic E-state index is 0.0945. The molecule has 1 aromatic heterocycles. The summed E-state index contributed by atoms with van der Waals surface area (Å²) in [7, 11) is 0. The van der Waals surface area contributed by atoms with Gasteiger partial charge in [0.25, 0.3) is 0 Å². The van der Waals surface area contributed by atoms with E-state index in [1.165, 1.54) is 6.39 Å². The van der Waals surface area contributed by atoms with E-state index >= 15 is 0 Å². The molecule has 1 aromatic carbocycles. The van der Waals surface area contributed by atoms with Crippen molar-refractivity contribution in [1.82, 2.24) is 15.5 Å². The third kappa shape index (κ3) is 2.85. The Morgan fingerprint density at radius 2 is 2.00 bits per heavy atom. The highest BCUT2D eigenvalue weighted by Gasteiger charge is 2.20. The Balaban J connectivity index is 1.64. The van der Waals surface area contributed by atoms with Crippen LogP contribution in [0.1, 0.15) is 12.8 Å². The van der Waals surface area contributed by atoms with Gasteiger partial charge >= 0.3 is 0 Å². The maximum absolute atomic E-state index is 12.1. The summed E-state index contributed by atoms with van der Waals surface area (Å²) in [6.07, 6.45) is 3.08. The molecule has 1 fully saturated rings. The van der Waals surface area contributed by atoms with Crippen LogP contribution in [0.4, 0.5) is 5.69 Å². The SMILES string of the molecule is O=C(Nc1ccc(-c2nnco2)cc1)C1CCNCC1. The molecular formula is C14H16N4O2. The molecule has 0 radical (unpaired) electrons. The molecule has 2 N–H and O–H groups in total. The minimum absolute atomic E-state index is 0.0945. The molecular weight excluding hydrogens is 256 g/mol. The fraction of sp³-hybridized carbons (Fsp3) is 0.357. The van der Waals surface area contributed by atoms with E-state index in [0.29, 0.717) is 5.89 Å². The number of hydrogen-bond donors (Lipinski definition) is 2. The summed E-state index contributed by atoms with van der Waals surface area (Å²) in [4.78, 5) is 12.1. The number of amides is 1. The second kappa shape index (κ2) is 5.83. The van der Waals surface area contributed by atoms with Crippen LogP contribution in [0.25, 0.3) is 11.5 Å². The molecule has 1 saturated heterocycles. The first-order chi connectivity index (χ1) is 9.83. The van der Waals surface area contributed by atoms with Crippen LogP contribution in [0, 0.1) is 5.92 Å². The molecule has 3 rings (SSSR count). The molecule has 104 valence electrons. The number of rotatable bonds is 3. The number of hydrogen-bond acceptors (Lipinski definition) is 5. The molecule has 0 unspecified atom stereocenters. The van der Waals surface area contributed by atoms with Gasteiger partial charge < -0.3 is 15.1 Å². The normalized spacial score (nSPS) is 16.0. The first-order valence-corrected chi connectivity index (χ1v) is 6.71. The van der Waals surface area contributed by atoms with Gasteiger partial charge in [-0.3, -0.25) is 4.79 Å². The predicted molar refractivity (Wildman–Crippen MR) is 74.0 cm³/mol. The van der Waals surface area contributed by atoms with Crippen LogP contribution in [-0.2, 0) is 4.79 Å². The Morgan fingerprint density at radius 3 is 2.65 bits per heavy atom. The quantitative estimate of drug-likeness (QED) is 0.888. The molecule has 0 saturated carbocycles. The van der Waals surface area contributed by atoms with E-state index in [0.717, 1.165) is 37.2 Å². The average Bonchev–Trinajstić information content (AvgIpc) is 3.03. The summed E-state index contributed by atoms with van der Waals surface area (Å²) >= 11 is 0. The molecule has 6 heteroatoms. The number of nitrogens with one attached hydrogen (secondary N) is 2. The van der Waals surface area contributed by atoms with Crippen LogP contribution in [0.5, 0.6) is 0 Å². The molecule has 1 aliphatic rings. The summed E-state index contributed by atoms with van der Waals surface area (Å²) in [5.74, 6) is 0.671. The van der Waals surface area contributed by atoms with Gasteiger partial charge in [0, 0.05) is 17.2 Å². The highest BCUT2D eigenvalue weighted by Crippen LogP contribution is 2.20. The highest BCUT2D eigenvalue weighted by molar-refractivity contribution is 5.92. The number of carbonyl (C=O) groups excluding carboxylic acids is 1. The smallest absolute Gasteiger partial charge is 0.247 e. The van der Waals surface area contributed by atoms with E-state index in [4.69, 9.17) is 4.42 Å². The van der Waals surface area contributed by atoms with Crippen molar-refractivity contribution in [2.45, 2.75) is 12.8 Å². The Kier molecular flexibility index (Phi) is 3.73. The van der Waals surface area contributed by atoms with Gasteiger partial charge in [0.1, 0.15) is 0 Å². The van der Waals surface area contributed by atoms with Crippen LogP contribution in [0.2, 0.25) is 0 Å². The van der Waals surface area contributed by atoms with Crippen LogP contribution >= 0.6 is 0 Å². The lowest BCUT2D eigenvalue weighted by Gasteiger charge is -2.21. The predicted octanol–water partition coefficient (Wildman–Crippen LogP) is 1.67. The lowest BCUT2D eigenvalue weighted by molar-refractivity contribution is -0.120. The molecule has 20 heavy (non-hydrogen) atoms. The van der Waals surface area contributed by atoms with Gasteiger partial charge in [0.05, 0.1) is 0 Å². The molecule has 0 atom stereocenters. The van der Waals surface area contributed by atoms with E-state index in [1.54, 1.807) is 0 Å². The topological polar surface area (TPSA) is 80.1 Å². The van der Waals surface area contributed by atoms with Crippen LogP contribution < -0.4 is 10.6 Å². The van der Waals surface area contributed by atoms with Crippen molar-refractivity contribution >= 4 is 11.6 Å². The van der Waals surface area contributed by atoms with E-state index in [1.807, 2.05) is 24.3 Å². The third-order valence-electron chi connectivity index (χ3n) is 3.47. The Labute approximate surface area is 116 Å². The summed E-state index contributed by atoms with van der Waals surface area (Å²) in [5, 5.41) is 13.7. The molecule has 1 amide bonds. The zero-order chi connectivity index (χ0) is 13.8. The van der Waals surface area contributed by atoms with Gasteiger partial charge in [-0.25, -0.2) is 0 Å². The average molecular weight is 272 g/mol. The standard InChI is InChI=1S/C14H16N4O2/c19-13(10-5-7-15-8-6-10)17-12-3-1-11(2-4-12)14-18-16-9-20-14/h1-4,9-10,15H,5-8H2,(H,17,19). The number of anilines is 1. The second-order valence-corrected chi connectivity index (χ2v) is 4.83. The zero-order valence-electron chi connectivity index (χ0n) is 11.0. The number of nitrogens with zero attached hydrogens (tertiary/aromatic N) is 2. The molecule has 2 heterocycles. The molecule has 1 aliphatic heterocycles. The van der Waals surface area contributed by atoms with Crippen molar-refractivity contribution in [2.75, 3.05) is 18.4 Å². The Morgan fingerprint density at radius 1 is 1.25 bits per heavy atom. The monoisotopic (exact) mass is 272 g/mol. The first kappa shape index (κ1) is 12.8. The lowest BCUT2D eigenvalue weighted by atomic mass is 9.97. The fourth-order valence-electron chi connectivity index (χ4n) is 2.32. The van der Waals surface area contributed by atoms with E-state index < -0.39 is 0 Å². The number of piperidine rings is 1. The lowest BCUT2D eigenvalue weighted by Crippen LogP contribution is -2.34. The number of aromatic nitrogens is 2. The van der Waals surface area contributed by atoms with Crippen molar-refractivity contribution in [1.29, 1.82) is 0 Å². The zero-order valence-corrected chi connectivity index (χ0v) is 11.0. The maximum Gasteiger partial charge on any atom is 0.247 e. The molecule has 2 aromatic rings. The minimum Gasteiger partial charge on any atom is -0.423 e. The largest absolute Gasteiger partial charge is 0.423 e. The Bertz CT molecular complexity index is 559. The van der Waals surface area contributed by atoms with Gasteiger partial charge in [0.15, 0.2) is 0 Å². The van der Waals surface area contributed by atoms with Gasteiger partial charge in [-0.2, -0.15) is 0 Å². The molecule has 0 spiro atoms. The summed E-state index contributed by atoms with van der Waals surface area (Å²) < 4.78 is 5.12. The van der Waals surface area contributed by atoms with Crippen LogP contribution in [0.3, 0.4) is 0 Å². The van der Waals surface area contributed by atoms with Crippen molar-refractivity contribution < 1.29 is 9.21 Å². The first-order valence-electron chi connectivity index (χ1n) is 6.71. The van der Waals surface area contributed by atoms with Crippen molar-refractivity contribution in [3.63, 3.8) is 0 Å². The van der Waals surface area contributed by atoms with Crippen molar-refractivity contribution in [3.8, 4) is 11.5 Å². The van der Waals surface area contributed by atoms with Gasteiger partial charge in [0.2, 0.25) is 18.2 Å². The second-order valence-electron chi connectivity index (χ2n) is 4.83. The van der Waals surface area contributed by atoms with E-state index in [-0.39, 0.29) is 11.8 Å².